The van der Waals surface area contributed by atoms with Crippen LogP contribution in [0.2, 0.25) is 0 Å². The first kappa shape index (κ1) is 18.0. The van der Waals surface area contributed by atoms with Gasteiger partial charge in [0, 0.05) is 50.2 Å². The summed E-state index contributed by atoms with van der Waals surface area (Å²) >= 11 is 1.85. The van der Waals surface area contributed by atoms with E-state index in [2.05, 4.69) is 47.5 Å². The predicted molar refractivity (Wildman–Crippen MR) is 104 cm³/mol. The fraction of sp³-hybridized carbons (Fsp3) is 0.450. The second-order valence-corrected chi connectivity index (χ2v) is 8.17. The van der Waals surface area contributed by atoms with Gasteiger partial charge in [-0.2, -0.15) is 0 Å². The third kappa shape index (κ3) is 4.05. The highest BCUT2D eigenvalue weighted by Gasteiger charge is 2.30. The largest absolute Gasteiger partial charge is 0.378 e. The molecule has 4 nitrogen and oxygen atoms in total. The average Bonchev–Trinajstić information content (AvgIpc) is 3.07. The number of amides is 1. The van der Waals surface area contributed by atoms with Gasteiger partial charge < -0.3 is 14.7 Å². The Hall–Kier alpha value is -1.85. The van der Waals surface area contributed by atoms with E-state index in [1.165, 1.54) is 26.6 Å². The van der Waals surface area contributed by atoms with Gasteiger partial charge in [-0.05, 0) is 36.1 Å². The van der Waals surface area contributed by atoms with Crippen LogP contribution in [0.3, 0.4) is 0 Å². The molecule has 0 radical (unpaired) electrons. The van der Waals surface area contributed by atoms with Crippen molar-refractivity contribution in [3.05, 3.63) is 51.7 Å². The quantitative estimate of drug-likeness (QED) is 0.885. The molecular weight excluding hydrogens is 330 g/mol. The molecule has 0 bridgehead atoms. The number of quaternary nitrogens is 1. The molecule has 134 valence electrons. The Balaban J connectivity index is 1.58. The summed E-state index contributed by atoms with van der Waals surface area (Å²) < 4.78 is 0. The first-order valence-corrected chi connectivity index (χ1v) is 9.74. The van der Waals surface area contributed by atoms with Gasteiger partial charge in [0.2, 0.25) is 0 Å². The van der Waals surface area contributed by atoms with Gasteiger partial charge in [0.15, 0.2) is 6.54 Å². The second kappa shape index (κ2) is 7.58. The highest BCUT2D eigenvalue weighted by atomic mass is 32.1. The normalized spacial score (nSPS) is 19.4. The van der Waals surface area contributed by atoms with Crippen molar-refractivity contribution in [2.75, 3.05) is 39.1 Å². The van der Waals surface area contributed by atoms with Crippen molar-refractivity contribution < 1.29 is 9.69 Å². The molecule has 2 aromatic rings. The van der Waals surface area contributed by atoms with Crippen molar-refractivity contribution >= 4 is 22.9 Å². The van der Waals surface area contributed by atoms with Crippen molar-refractivity contribution in [1.82, 2.24) is 4.90 Å². The number of carbonyl (C=O) groups is 1. The molecule has 2 atom stereocenters. The van der Waals surface area contributed by atoms with E-state index in [4.69, 9.17) is 0 Å². The number of hydrogen-bond acceptors (Lipinski definition) is 3. The molecule has 2 heterocycles. The first-order chi connectivity index (χ1) is 12.0. The number of anilines is 1. The molecule has 1 aromatic heterocycles. The second-order valence-electron chi connectivity index (χ2n) is 7.17. The van der Waals surface area contributed by atoms with E-state index in [9.17, 15) is 4.79 Å². The summed E-state index contributed by atoms with van der Waals surface area (Å²) in [7, 11) is 5.98. The lowest BCUT2D eigenvalue weighted by Gasteiger charge is -2.31. The van der Waals surface area contributed by atoms with Crippen molar-refractivity contribution in [3.63, 3.8) is 0 Å². The first-order valence-electron chi connectivity index (χ1n) is 8.86. The van der Waals surface area contributed by atoms with Crippen LogP contribution in [0, 0.1) is 0 Å². The van der Waals surface area contributed by atoms with Gasteiger partial charge in [-0.25, -0.2) is 0 Å². The van der Waals surface area contributed by atoms with Gasteiger partial charge >= 0.3 is 0 Å². The lowest BCUT2D eigenvalue weighted by molar-refractivity contribution is -0.924. The average molecular weight is 359 g/mol. The van der Waals surface area contributed by atoms with E-state index in [1.807, 2.05) is 37.4 Å². The summed E-state index contributed by atoms with van der Waals surface area (Å²) in [6, 6.07) is 11.0. The minimum atomic E-state index is 0.220. The summed E-state index contributed by atoms with van der Waals surface area (Å²) in [4.78, 5) is 19.5. The fourth-order valence-electron chi connectivity index (χ4n) is 3.48. The molecular formula is C20H28N3OS+. The molecule has 0 saturated carbocycles. The number of thiophene rings is 1. The maximum atomic E-state index is 12.7. The van der Waals surface area contributed by atoms with E-state index < -0.39 is 0 Å². The van der Waals surface area contributed by atoms with Crippen molar-refractivity contribution in [1.29, 1.82) is 0 Å². The van der Waals surface area contributed by atoms with E-state index in [-0.39, 0.29) is 5.91 Å². The van der Waals surface area contributed by atoms with Gasteiger partial charge in [-0.15, -0.1) is 11.3 Å². The van der Waals surface area contributed by atoms with E-state index in [1.54, 1.807) is 0 Å². The summed E-state index contributed by atoms with van der Waals surface area (Å²) in [6.45, 7) is 4.53. The van der Waals surface area contributed by atoms with Gasteiger partial charge in [0.05, 0.1) is 6.54 Å². The van der Waals surface area contributed by atoms with Crippen LogP contribution in [0.1, 0.15) is 29.0 Å². The Labute approximate surface area is 154 Å². The lowest BCUT2D eigenvalue weighted by atomic mass is 10.0. The topological polar surface area (TPSA) is 28.0 Å². The number of likely N-dealkylation sites (N-methyl/N-ethyl adjacent to an activating group) is 1. The maximum absolute atomic E-state index is 12.7. The molecule has 1 amide bonds. The standard InChI is InChI=1S/C20H27N3OS/c1-15-18-10-12-25-19(18)9-11-23(15)14-20(24)22(4)13-16-5-7-17(8-6-16)21(2)3/h5-8,10,12,15H,9,11,13-14H2,1-4H3/p+1/t15-/m0/s1. The Kier molecular flexibility index (Phi) is 5.45. The summed E-state index contributed by atoms with van der Waals surface area (Å²) in [5.74, 6) is 0.220. The molecule has 1 unspecified atom stereocenters. The Bertz CT molecular complexity index is 723. The van der Waals surface area contributed by atoms with Crippen LogP contribution in [-0.2, 0) is 17.8 Å². The zero-order valence-corrected chi connectivity index (χ0v) is 16.4. The molecule has 1 aliphatic heterocycles. The molecule has 0 spiro atoms. The molecule has 5 heteroatoms. The zero-order valence-electron chi connectivity index (χ0n) is 15.6. The highest BCUT2D eigenvalue weighted by molar-refractivity contribution is 7.10. The molecule has 25 heavy (non-hydrogen) atoms. The van der Waals surface area contributed by atoms with Gasteiger partial charge in [0.25, 0.3) is 5.91 Å². The summed E-state index contributed by atoms with van der Waals surface area (Å²) in [6.07, 6.45) is 1.09. The monoisotopic (exact) mass is 358 g/mol. The highest BCUT2D eigenvalue weighted by Crippen LogP contribution is 2.24. The lowest BCUT2D eigenvalue weighted by Crippen LogP contribution is -3.14. The maximum Gasteiger partial charge on any atom is 0.277 e. The Morgan fingerprint density at radius 3 is 2.60 bits per heavy atom. The SMILES string of the molecule is C[C@H]1c2ccsc2CC[NH+]1CC(=O)N(C)Cc1ccc(N(C)C)cc1. The third-order valence-electron chi connectivity index (χ3n) is 5.21. The van der Waals surface area contributed by atoms with Crippen molar-refractivity contribution in [3.8, 4) is 0 Å². The summed E-state index contributed by atoms with van der Waals surface area (Å²) in [5.41, 5.74) is 3.78. The summed E-state index contributed by atoms with van der Waals surface area (Å²) in [5, 5.41) is 2.18. The van der Waals surface area contributed by atoms with Crippen LogP contribution in [0.15, 0.2) is 35.7 Å². The number of fused-ring (bicyclic) bond motifs is 1. The van der Waals surface area contributed by atoms with Crippen molar-refractivity contribution in [2.24, 2.45) is 0 Å². The number of nitrogens with zero attached hydrogens (tertiary/aromatic N) is 2. The number of benzene rings is 1. The fourth-order valence-corrected chi connectivity index (χ4v) is 4.46. The van der Waals surface area contributed by atoms with Crippen molar-refractivity contribution in [2.45, 2.75) is 25.9 Å². The molecule has 3 rings (SSSR count). The van der Waals surface area contributed by atoms with Crippen LogP contribution in [0.25, 0.3) is 0 Å². The van der Waals surface area contributed by atoms with Crippen LogP contribution in [0.5, 0.6) is 0 Å². The molecule has 0 fully saturated rings. The molecule has 0 aliphatic carbocycles. The Morgan fingerprint density at radius 1 is 1.20 bits per heavy atom. The molecule has 1 aliphatic rings. The molecule has 0 saturated heterocycles. The molecule has 1 aromatic carbocycles. The minimum Gasteiger partial charge on any atom is -0.378 e. The van der Waals surface area contributed by atoms with E-state index in [0.717, 1.165) is 13.0 Å². The third-order valence-corrected chi connectivity index (χ3v) is 6.20. The predicted octanol–water partition coefficient (Wildman–Crippen LogP) is 1.97. The van der Waals surface area contributed by atoms with Crippen LogP contribution in [-0.4, -0.2) is 45.0 Å². The number of rotatable bonds is 5. The Morgan fingerprint density at radius 2 is 1.92 bits per heavy atom. The van der Waals surface area contributed by atoms with Gasteiger partial charge in [-0.1, -0.05) is 12.1 Å². The van der Waals surface area contributed by atoms with E-state index in [0.29, 0.717) is 19.1 Å². The minimum absolute atomic E-state index is 0.220. The zero-order chi connectivity index (χ0) is 18.0. The van der Waals surface area contributed by atoms with Crippen LogP contribution in [0.4, 0.5) is 5.69 Å². The number of hydrogen-bond donors (Lipinski definition) is 1. The number of carbonyl (C=O) groups excluding carboxylic acids is 1. The van der Waals surface area contributed by atoms with E-state index >= 15 is 0 Å². The number of nitrogens with one attached hydrogen (secondary N) is 1. The molecule has 1 N–H and O–H groups in total. The van der Waals surface area contributed by atoms with Crippen LogP contribution >= 0.6 is 11.3 Å². The van der Waals surface area contributed by atoms with Gasteiger partial charge in [0.1, 0.15) is 6.04 Å². The van der Waals surface area contributed by atoms with Gasteiger partial charge in [-0.3, -0.25) is 4.79 Å². The van der Waals surface area contributed by atoms with Crippen LogP contribution < -0.4 is 9.80 Å². The smallest absolute Gasteiger partial charge is 0.277 e.